The maximum Gasteiger partial charge on any atom is 0.351 e. The average molecular weight is 217 g/mol. The van der Waals surface area contributed by atoms with Crippen LogP contribution in [0.25, 0.3) is 0 Å². The number of hydrogen-bond acceptors (Lipinski definition) is 5. The molecule has 1 fully saturated rings. The number of ether oxygens (including phenoxy) is 2. The lowest BCUT2D eigenvalue weighted by atomic mass is 10.2. The smallest absolute Gasteiger partial charge is 0.351 e. The number of aliphatic carboxylic acids is 1. The van der Waals surface area contributed by atoms with Gasteiger partial charge in [0, 0.05) is 0 Å². The van der Waals surface area contributed by atoms with E-state index in [-0.39, 0.29) is 6.61 Å². The molecule has 0 aromatic carbocycles. The van der Waals surface area contributed by atoms with Crippen LogP contribution in [0.2, 0.25) is 0 Å². The van der Waals surface area contributed by atoms with Crippen molar-refractivity contribution >= 4 is 11.9 Å². The number of carboxylic acids is 1. The summed E-state index contributed by atoms with van der Waals surface area (Å²) in [5.41, 5.74) is -0.608. The van der Waals surface area contributed by atoms with Gasteiger partial charge >= 0.3 is 11.9 Å². The number of nitrogens with one attached hydrogen (secondary N) is 1. The first-order valence-electron chi connectivity index (χ1n) is 4.63. The monoisotopic (exact) mass is 217 g/mol. The van der Waals surface area contributed by atoms with E-state index < -0.39 is 29.8 Å². The van der Waals surface area contributed by atoms with E-state index in [1.54, 1.807) is 20.8 Å². The largest absolute Gasteiger partial charge is 0.480 e. The molecule has 0 spiro atoms. The summed E-state index contributed by atoms with van der Waals surface area (Å²) in [4.78, 5) is 22.0. The van der Waals surface area contributed by atoms with Crippen LogP contribution >= 0.6 is 0 Å². The molecule has 6 heteroatoms. The Morgan fingerprint density at radius 3 is 2.47 bits per heavy atom. The summed E-state index contributed by atoms with van der Waals surface area (Å²) in [7, 11) is 0. The first kappa shape index (κ1) is 11.9. The van der Waals surface area contributed by atoms with Gasteiger partial charge in [0.1, 0.15) is 11.6 Å². The highest BCUT2D eigenvalue weighted by Crippen LogP contribution is 2.12. The zero-order valence-corrected chi connectivity index (χ0v) is 8.94. The highest BCUT2D eigenvalue weighted by molar-refractivity contribution is 5.79. The minimum atomic E-state index is -1.04. The van der Waals surface area contributed by atoms with Crippen molar-refractivity contribution in [1.29, 1.82) is 0 Å². The summed E-state index contributed by atoms with van der Waals surface area (Å²) in [6, 6.07) is -0.845. The maximum absolute atomic E-state index is 11.4. The highest BCUT2D eigenvalue weighted by Gasteiger charge is 2.36. The molecule has 86 valence electrons. The molecule has 1 rings (SSSR count). The minimum Gasteiger partial charge on any atom is -0.480 e. The predicted octanol–water partition coefficient (Wildman–Crippen LogP) is -0.273. The summed E-state index contributed by atoms with van der Waals surface area (Å²) in [6.45, 7) is 5.16. The Bertz CT molecular complexity index is 270. The fourth-order valence-corrected chi connectivity index (χ4v) is 1.11. The summed E-state index contributed by atoms with van der Waals surface area (Å²) >= 11 is 0. The number of esters is 1. The van der Waals surface area contributed by atoms with Crippen molar-refractivity contribution in [1.82, 2.24) is 5.32 Å². The number of carboxylic acid groups (broad SMARTS) is 1. The van der Waals surface area contributed by atoms with Crippen LogP contribution in [0, 0.1) is 0 Å². The van der Waals surface area contributed by atoms with Crippen LogP contribution in [0.4, 0.5) is 0 Å². The fraction of sp³-hybridized carbons (Fsp3) is 0.778. The molecule has 0 aromatic rings. The molecule has 2 atom stereocenters. The van der Waals surface area contributed by atoms with Crippen molar-refractivity contribution < 1.29 is 24.2 Å². The van der Waals surface area contributed by atoms with Gasteiger partial charge in [-0.1, -0.05) is 0 Å². The average Bonchev–Trinajstić information content (AvgIpc) is 2.47. The highest BCUT2D eigenvalue weighted by atomic mass is 16.6. The van der Waals surface area contributed by atoms with Gasteiger partial charge < -0.3 is 14.6 Å². The summed E-state index contributed by atoms with van der Waals surface area (Å²) < 4.78 is 10.00. The number of rotatable bonds is 2. The second kappa shape index (κ2) is 4.16. The van der Waals surface area contributed by atoms with Gasteiger partial charge in [0.05, 0.1) is 6.61 Å². The molecule has 1 aliphatic heterocycles. The van der Waals surface area contributed by atoms with Crippen molar-refractivity contribution in [3.63, 3.8) is 0 Å². The van der Waals surface area contributed by atoms with Gasteiger partial charge in [-0.15, -0.1) is 0 Å². The first-order valence-corrected chi connectivity index (χ1v) is 4.63. The molecule has 2 unspecified atom stereocenters. The molecule has 0 aromatic heterocycles. The van der Waals surface area contributed by atoms with E-state index in [1.165, 1.54) is 0 Å². The van der Waals surface area contributed by atoms with Crippen LogP contribution in [0.15, 0.2) is 0 Å². The quantitative estimate of drug-likeness (QED) is 0.619. The number of carbonyl (C=O) groups is 2. The predicted molar refractivity (Wildman–Crippen MR) is 50.1 cm³/mol. The molecule has 1 aliphatic rings. The van der Waals surface area contributed by atoms with Crippen LogP contribution in [0.1, 0.15) is 20.8 Å². The second-order valence-electron chi connectivity index (χ2n) is 4.30. The molecule has 0 radical (unpaired) electrons. The molecular weight excluding hydrogens is 202 g/mol. The Morgan fingerprint density at radius 1 is 1.47 bits per heavy atom. The van der Waals surface area contributed by atoms with Crippen LogP contribution in [-0.2, 0) is 19.1 Å². The fourth-order valence-electron chi connectivity index (χ4n) is 1.11. The molecule has 2 N–H and O–H groups in total. The zero-order chi connectivity index (χ0) is 11.6. The standard InChI is InChI=1S/C9H15NO5/c1-9(2,3)15-8(13)6-10-5(4-14-6)7(11)12/h5-6,10H,4H2,1-3H3,(H,11,12). The molecule has 0 saturated carbocycles. The third kappa shape index (κ3) is 3.49. The summed E-state index contributed by atoms with van der Waals surface area (Å²) in [5, 5.41) is 11.2. The van der Waals surface area contributed by atoms with Crippen LogP contribution in [-0.4, -0.2) is 41.5 Å². The van der Waals surface area contributed by atoms with Gasteiger partial charge in [-0.2, -0.15) is 0 Å². The van der Waals surface area contributed by atoms with Gasteiger partial charge in [0.2, 0.25) is 6.23 Å². The van der Waals surface area contributed by atoms with Crippen molar-refractivity contribution in [2.24, 2.45) is 0 Å². The van der Waals surface area contributed by atoms with E-state index in [1.807, 2.05) is 0 Å². The van der Waals surface area contributed by atoms with Crippen LogP contribution in [0.5, 0.6) is 0 Å². The second-order valence-corrected chi connectivity index (χ2v) is 4.30. The van der Waals surface area contributed by atoms with Gasteiger partial charge in [0.25, 0.3) is 0 Å². The minimum absolute atomic E-state index is 0.0285. The maximum atomic E-state index is 11.4. The Labute approximate surface area is 87.5 Å². The van der Waals surface area contributed by atoms with E-state index in [2.05, 4.69) is 5.32 Å². The van der Waals surface area contributed by atoms with E-state index in [4.69, 9.17) is 14.6 Å². The Morgan fingerprint density at radius 2 is 2.07 bits per heavy atom. The number of carbonyl (C=O) groups excluding carboxylic acids is 1. The molecular formula is C9H15NO5. The van der Waals surface area contributed by atoms with Crippen LogP contribution < -0.4 is 5.32 Å². The molecule has 0 aliphatic carbocycles. The molecule has 15 heavy (non-hydrogen) atoms. The third-order valence-electron chi connectivity index (χ3n) is 1.70. The van der Waals surface area contributed by atoms with Gasteiger partial charge in [-0.05, 0) is 20.8 Å². The molecule has 0 bridgehead atoms. The van der Waals surface area contributed by atoms with Crippen molar-refractivity contribution in [2.75, 3.05) is 6.61 Å². The van der Waals surface area contributed by atoms with E-state index in [0.717, 1.165) is 0 Å². The lowest BCUT2D eigenvalue weighted by Crippen LogP contribution is -2.43. The SMILES string of the molecule is CC(C)(C)OC(=O)C1NC(C(=O)O)CO1. The van der Waals surface area contributed by atoms with Crippen LogP contribution in [0.3, 0.4) is 0 Å². The topological polar surface area (TPSA) is 84.9 Å². The van der Waals surface area contributed by atoms with E-state index >= 15 is 0 Å². The number of hydrogen-bond donors (Lipinski definition) is 2. The first-order chi connectivity index (χ1) is 6.79. The van der Waals surface area contributed by atoms with Crippen molar-refractivity contribution in [3.05, 3.63) is 0 Å². The van der Waals surface area contributed by atoms with Gasteiger partial charge in [0.15, 0.2) is 0 Å². The summed E-state index contributed by atoms with van der Waals surface area (Å²) in [5.74, 6) is -1.63. The van der Waals surface area contributed by atoms with Crippen molar-refractivity contribution in [3.8, 4) is 0 Å². The lowest BCUT2D eigenvalue weighted by molar-refractivity contribution is -0.166. The Balaban J connectivity index is 2.47. The van der Waals surface area contributed by atoms with Gasteiger partial charge in [-0.3, -0.25) is 10.1 Å². The van der Waals surface area contributed by atoms with E-state index in [9.17, 15) is 9.59 Å². The van der Waals surface area contributed by atoms with Gasteiger partial charge in [-0.25, -0.2) is 4.79 Å². The molecule has 0 amide bonds. The Kier molecular flexibility index (Phi) is 3.31. The molecule has 6 nitrogen and oxygen atoms in total. The Hall–Kier alpha value is -1.14. The molecule has 1 saturated heterocycles. The lowest BCUT2D eigenvalue weighted by Gasteiger charge is -2.21. The molecule has 1 heterocycles. The van der Waals surface area contributed by atoms with E-state index in [0.29, 0.717) is 0 Å². The third-order valence-corrected chi connectivity index (χ3v) is 1.70. The summed E-state index contributed by atoms with van der Waals surface area (Å²) in [6.07, 6.45) is -0.981. The zero-order valence-electron chi connectivity index (χ0n) is 8.94. The normalized spacial score (nSPS) is 26.3. The van der Waals surface area contributed by atoms with Crippen molar-refractivity contribution in [2.45, 2.75) is 38.6 Å².